The molecule has 7 nitrogen and oxygen atoms in total. The molecule has 0 radical (unpaired) electrons. The number of hydrogen-bond donors (Lipinski definition) is 2. The van der Waals surface area contributed by atoms with Crippen molar-refractivity contribution in [3.63, 3.8) is 0 Å². The number of rotatable bonds is 5. The molecule has 6 rings (SSSR count). The van der Waals surface area contributed by atoms with Crippen LogP contribution in [0.4, 0.5) is 4.79 Å². The maximum absolute atomic E-state index is 12.7. The first-order valence-electron chi connectivity index (χ1n) is 11.2. The van der Waals surface area contributed by atoms with Gasteiger partial charge in [-0.3, -0.25) is 19.5 Å². The van der Waals surface area contributed by atoms with Gasteiger partial charge in [-0.05, 0) is 75.3 Å². The smallest absolute Gasteiger partial charge is 0.321 e. The van der Waals surface area contributed by atoms with Crippen molar-refractivity contribution in [2.45, 2.75) is 62.7 Å². The molecule has 4 aliphatic rings. The average Bonchev–Trinajstić information content (AvgIpc) is 2.71. The molecule has 2 N–H and O–H groups in total. The number of amides is 3. The summed E-state index contributed by atoms with van der Waals surface area (Å²) in [7, 11) is 0. The van der Waals surface area contributed by atoms with Crippen molar-refractivity contribution in [2.24, 2.45) is 17.8 Å². The number of urea groups is 1. The Hall–Kier alpha value is -2.35. The van der Waals surface area contributed by atoms with Crippen LogP contribution in [0.2, 0.25) is 0 Å². The number of thioether (sulfide) groups is 1. The zero-order valence-electron chi connectivity index (χ0n) is 17.7. The minimum absolute atomic E-state index is 0.0269. The lowest BCUT2D eigenvalue weighted by Crippen LogP contribution is -2.61. The van der Waals surface area contributed by atoms with Crippen LogP contribution in [0.15, 0.2) is 34.2 Å². The summed E-state index contributed by atoms with van der Waals surface area (Å²) >= 11 is 1.18. The normalized spacial score (nSPS) is 28.6. The van der Waals surface area contributed by atoms with Crippen molar-refractivity contribution in [1.29, 1.82) is 0 Å². The van der Waals surface area contributed by atoms with Crippen molar-refractivity contribution in [3.8, 4) is 0 Å². The molecule has 4 fully saturated rings. The largest absolute Gasteiger partial charge is 0.332 e. The number of imide groups is 1. The van der Waals surface area contributed by atoms with E-state index in [1.165, 1.54) is 31.0 Å². The SMILES string of the molecule is CCn1c(SCC(=O)NC(=O)NC23CC4CC(CC(C4)C2)C3)nc2ccccc2c1=O. The number of hydrogen-bond acceptors (Lipinski definition) is 5. The molecule has 4 bridgehead atoms. The Bertz CT molecular complexity index is 1060. The van der Waals surface area contributed by atoms with E-state index < -0.39 is 6.03 Å². The molecule has 4 aliphatic carbocycles. The number of carbonyl (C=O) groups excluding carboxylic acids is 2. The van der Waals surface area contributed by atoms with Gasteiger partial charge in [0.15, 0.2) is 5.16 Å². The van der Waals surface area contributed by atoms with Crippen LogP contribution >= 0.6 is 11.8 Å². The standard InChI is InChI=1S/C23H28N4O3S/c1-2-27-20(29)17-5-3-4-6-18(17)24-22(27)31-13-19(28)25-21(30)26-23-10-14-7-15(11-23)9-16(8-14)12-23/h3-6,14-16H,2,7-13H2,1H3,(H2,25,26,28,30). The van der Waals surface area contributed by atoms with Crippen molar-refractivity contribution in [1.82, 2.24) is 20.2 Å². The quantitative estimate of drug-likeness (QED) is 0.550. The second-order valence-corrected chi connectivity index (χ2v) is 10.4. The van der Waals surface area contributed by atoms with Crippen molar-refractivity contribution in [3.05, 3.63) is 34.6 Å². The Kier molecular flexibility index (Phi) is 5.28. The van der Waals surface area contributed by atoms with Gasteiger partial charge in [-0.15, -0.1) is 0 Å². The molecular weight excluding hydrogens is 412 g/mol. The van der Waals surface area contributed by atoms with Crippen LogP contribution in [-0.2, 0) is 11.3 Å². The van der Waals surface area contributed by atoms with E-state index >= 15 is 0 Å². The molecule has 2 aromatic rings. The van der Waals surface area contributed by atoms with E-state index in [1.54, 1.807) is 16.7 Å². The van der Waals surface area contributed by atoms with Gasteiger partial charge in [0.05, 0.1) is 16.7 Å². The average molecular weight is 441 g/mol. The van der Waals surface area contributed by atoms with E-state index in [2.05, 4.69) is 15.6 Å². The lowest BCUT2D eigenvalue weighted by molar-refractivity contribution is -0.117. The van der Waals surface area contributed by atoms with Crippen LogP contribution in [0.5, 0.6) is 0 Å². The van der Waals surface area contributed by atoms with E-state index in [-0.39, 0.29) is 22.8 Å². The minimum atomic E-state index is -0.396. The Morgan fingerprint density at radius 1 is 1.13 bits per heavy atom. The summed E-state index contributed by atoms with van der Waals surface area (Å²) in [5.41, 5.74) is 0.365. The zero-order chi connectivity index (χ0) is 21.6. The topological polar surface area (TPSA) is 93.1 Å². The van der Waals surface area contributed by atoms with Gasteiger partial charge < -0.3 is 5.32 Å². The highest BCUT2D eigenvalue weighted by molar-refractivity contribution is 7.99. The number of carbonyl (C=O) groups is 2. The van der Waals surface area contributed by atoms with Crippen LogP contribution in [-0.4, -0.2) is 32.8 Å². The molecule has 8 heteroatoms. The third kappa shape index (κ3) is 3.97. The third-order valence-electron chi connectivity index (χ3n) is 7.15. The fourth-order valence-corrected chi connectivity index (χ4v) is 7.23. The lowest BCUT2D eigenvalue weighted by atomic mass is 9.53. The first-order valence-corrected chi connectivity index (χ1v) is 12.2. The number of nitrogens with zero attached hydrogens (tertiary/aromatic N) is 2. The fraction of sp³-hybridized carbons (Fsp3) is 0.565. The number of nitrogens with one attached hydrogen (secondary N) is 2. The first-order chi connectivity index (χ1) is 14.9. The molecule has 3 amide bonds. The molecule has 0 spiro atoms. The molecule has 0 atom stereocenters. The Balaban J connectivity index is 1.22. The monoisotopic (exact) mass is 440 g/mol. The molecule has 1 heterocycles. The molecular formula is C23H28N4O3S. The highest BCUT2D eigenvalue weighted by Gasteiger charge is 2.51. The van der Waals surface area contributed by atoms with Crippen molar-refractivity contribution < 1.29 is 9.59 Å². The van der Waals surface area contributed by atoms with Gasteiger partial charge in [0.2, 0.25) is 5.91 Å². The van der Waals surface area contributed by atoms with Gasteiger partial charge in [-0.25, -0.2) is 9.78 Å². The predicted molar refractivity (Wildman–Crippen MR) is 120 cm³/mol. The van der Waals surface area contributed by atoms with Crippen LogP contribution in [0, 0.1) is 17.8 Å². The summed E-state index contributed by atoms with van der Waals surface area (Å²) in [6, 6.07) is 6.80. The molecule has 164 valence electrons. The summed E-state index contributed by atoms with van der Waals surface area (Å²) in [6.07, 6.45) is 7.03. The highest BCUT2D eigenvalue weighted by Crippen LogP contribution is 2.55. The Morgan fingerprint density at radius 3 is 2.42 bits per heavy atom. The number of aromatic nitrogens is 2. The van der Waals surface area contributed by atoms with Crippen LogP contribution < -0.4 is 16.2 Å². The third-order valence-corrected chi connectivity index (χ3v) is 8.12. The van der Waals surface area contributed by atoms with E-state index in [4.69, 9.17) is 0 Å². The van der Waals surface area contributed by atoms with Gasteiger partial charge in [-0.1, -0.05) is 23.9 Å². The van der Waals surface area contributed by atoms with E-state index in [0.29, 0.717) is 22.6 Å². The fourth-order valence-electron chi connectivity index (χ4n) is 6.37. The molecule has 0 saturated heterocycles. The van der Waals surface area contributed by atoms with E-state index in [0.717, 1.165) is 37.0 Å². The lowest BCUT2D eigenvalue weighted by Gasteiger charge is -2.56. The van der Waals surface area contributed by atoms with Crippen LogP contribution in [0.1, 0.15) is 45.4 Å². The second kappa shape index (κ2) is 7.97. The van der Waals surface area contributed by atoms with Crippen molar-refractivity contribution >= 4 is 34.6 Å². The molecule has 1 aromatic heterocycles. The molecule has 0 unspecified atom stereocenters. The summed E-state index contributed by atoms with van der Waals surface area (Å²) in [5.74, 6) is 1.82. The summed E-state index contributed by atoms with van der Waals surface area (Å²) < 4.78 is 1.57. The van der Waals surface area contributed by atoms with Gasteiger partial charge in [0.1, 0.15) is 0 Å². The number of benzene rings is 1. The van der Waals surface area contributed by atoms with Crippen LogP contribution in [0.25, 0.3) is 10.9 Å². The zero-order valence-corrected chi connectivity index (χ0v) is 18.5. The second-order valence-electron chi connectivity index (χ2n) is 9.45. The summed E-state index contributed by atoms with van der Waals surface area (Å²) in [6.45, 7) is 2.34. The van der Waals surface area contributed by atoms with Gasteiger partial charge >= 0.3 is 6.03 Å². The molecule has 31 heavy (non-hydrogen) atoms. The van der Waals surface area contributed by atoms with E-state index in [9.17, 15) is 14.4 Å². The van der Waals surface area contributed by atoms with Gasteiger partial charge in [-0.2, -0.15) is 0 Å². The number of para-hydroxylation sites is 1. The molecule has 0 aliphatic heterocycles. The summed E-state index contributed by atoms with van der Waals surface area (Å²) in [4.78, 5) is 42.3. The Morgan fingerprint density at radius 2 is 1.77 bits per heavy atom. The molecule has 4 saturated carbocycles. The van der Waals surface area contributed by atoms with Gasteiger partial charge in [0, 0.05) is 12.1 Å². The Labute approximate surface area is 185 Å². The highest BCUT2D eigenvalue weighted by atomic mass is 32.2. The number of fused-ring (bicyclic) bond motifs is 1. The van der Waals surface area contributed by atoms with Crippen molar-refractivity contribution in [2.75, 3.05) is 5.75 Å². The maximum Gasteiger partial charge on any atom is 0.321 e. The molecule has 1 aromatic carbocycles. The minimum Gasteiger partial charge on any atom is -0.332 e. The van der Waals surface area contributed by atoms with E-state index in [1.807, 2.05) is 19.1 Å². The predicted octanol–water partition coefficient (Wildman–Crippen LogP) is 3.30. The maximum atomic E-state index is 12.7. The first kappa shape index (κ1) is 20.5. The van der Waals surface area contributed by atoms with Crippen LogP contribution in [0.3, 0.4) is 0 Å². The summed E-state index contributed by atoms with van der Waals surface area (Å²) in [5, 5.41) is 6.70. The van der Waals surface area contributed by atoms with Gasteiger partial charge in [0.25, 0.3) is 5.56 Å².